The first kappa shape index (κ1) is 12.4. The van der Waals surface area contributed by atoms with Gasteiger partial charge in [0, 0.05) is 12.7 Å². The Morgan fingerprint density at radius 2 is 1.79 bits per heavy atom. The molecular weight excluding hydrogens is 302 g/mol. The molecule has 0 spiro atoms. The van der Waals surface area contributed by atoms with Gasteiger partial charge in [-0.15, -0.1) is 0 Å². The highest BCUT2D eigenvalue weighted by Gasteiger charge is 2.07. The molecule has 19 heavy (non-hydrogen) atoms. The Bertz CT molecular complexity index is 676. The molecule has 3 rings (SSSR count). The zero-order valence-corrected chi connectivity index (χ0v) is 12.0. The fourth-order valence-electron chi connectivity index (χ4n) is 2.10. The Kier molecular flexibility index (Phi) is 3.62. The number of rotatable bonds is 4. The molecule has 3 aromatic rings. The largest absolute Gasteiger partial charge is 0.306 e. The summed E-state index contributed by atoms with van der Waals surface area (Å²) in [4.78, 5) is 4.54. The number of hydrogen-bond donors (Lipinski definition) is 1. The van der Waals surface area contributed by atoms with Gasteiger partial charge in [-0.3, -0.25) is 0 Å². The van der Waals surface area contributed by atoms with E-state index in [0.717, 1.165) is 29.0 Å². The van der Waals surface area contributed by atoms with E-state index in [0.29, 0.717) is 0 Å². The number of nitrogens with one attached hydrogen (secondary N) is 1. The van der Waals surface area contributed by atoms with E-state index < -0.39 is 0 Å². The van der Waals surface area contributed by atoms with Gasteiger partial charge >= 0.3 is 0 Å². The molecule has 0 fully saturated rings. The number of benzene rings is 1. The summed E-state index contributed by atoms with van der Waals surface area (Å²) in [5, 5.41) is 3.42. The Balaban J connectivity index is 1.72. The third-order valence-electron chi connectivity index (χ3n) is 3.03. The van der Waals surface area contributed by atoms with Crippen molar-refractivity contribution in [2.45, 2.75) is 13.1 Å². The maximum absolute atomic E-state index is 4.54. The fourth-order valence-corrected chi connectivity index (χ4v) is 2.63. The van der Waals surface area contributed by atoms with Gasteiger partial charge in [-0.1, -0.05) is 36.4 Å². The van der Waals surface area contributed by atoms with E-state index >= 15 is 0 Å². The van der Waals surface area contributed by atoms with Gasteiger partial charge in [0.15, 0.2) is 0 Å². The molecule has 0 aliphatic heterocycles. The van der Waals surface area contributed by atoms with Crippen LogP contribution in [-0.4, -0.2) is 9.38 Å². The molecule has 0 atom stereocenters. The predicted octanol–water partition coefficient (Wildman–Crippen LogP) is 3.39. The molecule has 0 aliphatic carbocycles. The topological polar surface area (TPSA) is 29.3 Å². The molecule has 2 heterocycles. The van der Waals surface area contributed by atoms with E-state index in [1.54, 1.807) is 0 Å². The Morgan fingerprint density at radius 1 is 1.00 bits per heavy atom. The van der Waals surface area contributed by atoms with Gasteiger partial charge < -0.3 is 9.72 Å². The van der Waals surface area contributed by atoms with Crippen LogP contribution in [0.2, 0.25) is 0 Å². The van der Waals surface area contributed by atoms with Crippen LogP contribution in [0.1, 0.15) is 11.4 Å². The third kappa shape index (κ3) is 2.69. The van der Waals surface area contributed by atoms with Gasteiger partial charge in [0.2, 0.25) is 0 Å². The number of pyridine rings is 1. The summed E-state index contributed by atoms with van der Waals surface area (Å²) in [5.74, 6) is 1.01. The molecule has 0 aliphatic rings. The zero-order valence-electron chi connectivity index (χ0n) is 10.4. The summed E-state index contributed by atoms with van der Waals surface area (Å²) in [6.45, 7) is 1.59. The molecule has 2 aromatic heterocycles. The van der Waals surface area contributed by atoms with Crippen LogP contribution in [0, 0.1) is 0 Å². The van der Waals surface area contributed by atoms with E-state index in [1.165, 1.54) is 5.56 Å². The molecule has 0 saturated carbocycles. The molecule has 96 valence electrons. The number of aromatic nitrogens is 2. The fraction of sp³-hybridized carbons (Fsp3) is 0.133. The molecule has 0 unspecified atom stereocenters. The minimum atomic E-state index is 0.742. The highest BCUT2D eigenvalue weighted by atomic mass is 79.9. The van der Waals surface area contributed by atoms with Crippen LogP contribution in [0.3, 0.4) is 0 Å². The van der Waals surface area contributed by atoms with Crippen LogP contribution in [0.4, 0.5) is 0 Å². The summed E-state index contributed by atoms with van der Waals surface area (Å²) in [5.41, 5.74) is 2.38. The van der Waals surface area contributed by atoms with Crippen LogP contribution < -0.4 is 5.32 Å². The van der Waals surface area contributed by atoms with Gasteiger partial charge in [0.05, 0.1) is 12.1 Å². The molecule has 0 amide bonds. The summed E-state index contributed by atoms with van der Waals surface area (Å²) in [7, 11) is 0. The number of imidazole rings is 1. The monoisotopic (exact) mass is 315 g/mol. The molecule has 0 saturated heterocycles. The molecule has 0 bridgehead atoms. The smallest absolute Gasteiger partial charge is 0.132 e. The van der Waals surface area contributed by atoms with Gasteiger partial charge in [0.1, 0.15) is 10.4 Å². The lowest BCUT2D eigenvalue weighted by molar-refractivity contribution is 0.660. The lowest BCUT2D eigenvalue weighted by Gasteiger charge is -2.04. The summed E-state index contributed by atoms with van der Waals surface area (Å²) >= 11 is 3.49. The molecule has 1 aromatic carbocycles. The number of fused-ring (bicyclic) bond motifs is 1. The van der Waals surface area contributed by atoms with Gasteiger partial charge in [0.25, 0.3) is 0 Å². The van der Waals surface area contributed by atoms with E-state index in [1.807, 2.05) is 24.4 Å². The van der Waals surface area contributed by atoms with Crippen LogP contribution >= 0.6 is 15.9 Å². The van der Waals surface area contributed by atoms with E-state index in [-0.39, 0.29) is 0 Å². The molecule has 3 nitrogen and oxygen atoms in total. The first-order valence-corrected chi connectivity index (χ1v) is 7.00. The first-order chi connectivity index (χ1) is 9.34. The minimum absolute atomic E-state index is 0.742. The maximum Gasteiger partial charge on any atom is 0.132 e. The molecule has 4 heteroatoms. The Hall–Kier alpha value is -1.65. The quantitative estimate of drug-likeness (QED) is 0.799. The summed E-state index contributed by atoms with van der Waals surface area (Å²) in [6, 6.07) is 16.5. The molecule has 1 N–H and O–H groups in total. The second kappa shape index (κ2) is 5.55. The first-order valence-electron chi connectivity index (χ1n) is 6.21. The second-order valence-corrected chi connectivity index (χ2v) is 5.12. The van der Waals surface area contributed by atoms with E-state index in [9.17, 15) is 0 Å². The summed E-state index contributed by atoms with van der Waals surface area (Å²) < 4.78 is 2.99. The van der Waals surface area contributed by atoms with Crippen molar-refractivity contribution in [2.24, 2.45) is 0 Å². The Labute approximate surface area is 120 Å². The van der Waals surface area contributed by atoms with Gasteiger partial charge in [-0.05, 0) is 33.6 Å². The van der Waals surface area contributed by atoms with Crippen LogP contribution in [0.25, 0.3) is 5.52 Å². The van der Waals surface area contributed by atoms with Crippen molar-refractivity contribution in [3.8, 4) is 0 Å². The van der Waals surface area contributed by atoms with Crippen LogP contribution in [0.15, 0.2) is 59.3 Å². The van der Waals surface area contributed by atoms with Crippen molar-refractivity contribution in [1.29, 1.82) is 0 Å². The summed E-state index contributed by atoms with van der Waals surface area (Å²) in [6.07, 6.45) is 2.03. The van der Waals surface area contributed by atoms with Crippen molar-refractivity contribution in [3.63, 3.8) is 0 Å². The van der Waals surface area contributed by atoms with Crippen molar-refractivity contribution in [1.82, 2.24) is 14.7 Å². The third-order valence-corrected chi connectivity index (χ3v) is 3.62. The van der Waals surface area contributed by atoms with Crippen molar-refractivity contribution in [2.75, 3.05) is 0 Å². The van der Waals surface area contributed by atoms with E-state index in [2.05, 4.69) is 61.0 Å². The second-order valence-electron chi connectivity index (χ2n) is 4.36. The van der Waals surface area contributed by atoms with E-state index in [4.69, 9.17) is 0 Å². The normalized spacial score (nSPS) is 11.0. The number of hydrogen-bond acceptors (Lipinski definition) is 2. The molecule has 0 radical (unpaired) electrons. The highest BCUT2D eigenvalue weighted by molar-refractivity contribution is 9.10. The lowest BCUT2D eigenvalue weighted by atomic mass is 10.2. The average molecular weight is 316 g/mol. The average Bonchev–Trinajstić information content (AvgIpc) is 2.78. The van der Waals surface area contributed by atoms with Crippen molar-refractivity contribution < 1.29 is 0 Å². The zero-order chi connectivity index (χ0) is 13.1. The van der Waals surface area contributed by atoms with Crippen LogP contribution in [0.5, 0.6) is 0 Å². The van der Waals surface area contributed by atoms with Crippen LogP contribution in [-0.2, 0) is 13.1 Å². The standard InChI is InChI=1S/C15H14BrN3/c16-15-13-8-4-5-9-19(13)14(18-15)11-17-10-12-6-2-1-3-7-12/h1-9,17H,10-11H2. The highest BCUT2D eigenvalue weighted by Crippen LogP contribution is 2.18. The Morgan fingerprint density at radius 3 is 2.63 bits per heavy atom. The number of nitrogens with zero attached hydrogens (tertiary/aromatic N) is 2. The van der Waals surface area contributed by atoms with Gasteiger partial charge in [-0.2, -0.15) is 0 Å². The predicted molar refractivity (Wildman–Crippen MR) is 79.9 cm³/mol. The van der Waals surface area contributed by atoms with Gasteiger partial charge in [-0.25, -0.2) is 4.98 Å². The lowest BCUT2D eigenvalue weighted by Crippen LogP contribution is -2.14. The van der Waals surface area contributed by atoms with Crippen molar-refractivity contribution >= 4 is 21.4 Å². The maximum atomic E-state index is 4.54. The molecular formula is C15H14BrN3. The number of halogens is 1. The minimum Gasteiger partial charge on any atom is -0.306 e. The SMILES string of the molecule is Brc1nc(CNCc2ccccc2)n2ccccc12. The van der Waals surface area contributed by atoms with Crippen molar-refractivity contribution in [3.05, 3.63) is 70.7 Å².